The van der Waals surface area contributed by atoms with E-state index in [9.17, 15) is 9.59 Å². The summed E-state index contributed by atoms with van der Waals surface area (Å²) < 4.78 is 5.01. The molecule has 0 atom stereocenters. The van der Waals surface area contributed by atoms with Gasteiger partial charge in [0.05, 0.1) is 18.6 Å². The topological polar surface area (TPSA) is 49.9 Å². The van der Waals surface area contributed by atoms with E-state index in [0.29, 0.717) is 36.7 Å². The van der Waals surface area contributed by atoms with Crippen LogP contribution in [-0.4, -0.2) is 49.6 Å². The van der Waals surface area contributed by atoms with Crippen molar-refractivity contribution < 1.29 is 14.3 Å². The molecule has 1 aliphatic rings. The van der Waals surface area contributed by atoms with Crippen LogP contribution in [0.5, 0.6) is 0 Å². The second-order valence-electron chi connectivity index (χ2n) is 6.44. The zero-order valence-electron chi connectivity index (χ0n) is 15.4. The fourth-order valence-corrected chi connectivity index (χ4v) is 3.25. The fraction of sp³-hybridized carbons (Fsp3) is 0.333. The number of amides is 1. The van der Waals surface area contributed by atoms with Gasteiger partial charge in [-0.2, -0.15) is 0 Å². The van der Waals surface area contributed by atoms with Gasteiger partial charge in [-0.1, -0.05) is 23.7 Å². The average molecular weight is 387 g/mol. The molecule has 1 aliphatic heterocycles. The second kappa shape index (κ2) is 8.91. The molecule has 0 bridgehead atoms. The molecule has 27 heavy (non-hydrogen) atoms. The Labute approximate surface area is 164 Å². The zero-order valence-corrected chi connectivity index (χ0v) is 16.1. The lowest BCUT2D eigenvalue weighted by atomic mass is 10.1. The molecule has 3 rings (SSSR count). The van der Waals surface area contributed by atoms with E-state index >= 15 is 0 Å². The van der Waals surface area contributed by atoms with E-state index in [4.69, 9.17) is 16.3 Å². The minimum Gasteiger partial charge on any atom is -0.462 e. The fourth-order valence-electron chi connectivity index (χ4n) is 3.13. The first-order valence-electron chi connectivity index (χ1n) is 9.11. The first-order valence-corrected chi connectivity index (χ1v) is 9.49. The van der Waals surface area contributed by atoms with Gasteiger partial charge in [-0.3, -0.25) is 4.79 Å². The molecule has 0 radical (unpaired) electrons. The largest absolute Gasteiger partial charge is 0.462 e. The molecular weight excluding hydrogens is 364 g/mol. The monoisotopic (exact) mass is 386 g/mol. The first kappa shape index (κ1) is 19.2. The maximum atomic E-state index is 12.5. The predicted octanol–water partition coefficient (Wildman–Crippen LogP) is 3.41. The summed E-state index contributed by atoms with van der Waals surface area (Å²) in [7, 11) is 0. The Kier molecular flexibility index (Phi) is 6.35. The van der Waals surface area contributed by atoms with Gasteiger partial charge in [0, 0.05) is 36.9 Å². The standard InChI is InChI=1S/C21H23ClN2O3/c1-2-27-21(26)17-5-9-19(10-6-17)23-11-13-24(14-12-23)20(25)15-16-3-7-18(22)8-4-16/h3-10H,2,11-15H2,1H3. The molecule has 1 saturated heterocycles. The predicted molar refractivity (Wildman–Crippen MR) is 106 cm³/mol. The third-order valence-corrected chi connectivity index (χ3v) is 4.90. The molecule has 2 aromatic rings. The van der Waals surface area contributed by atoms with Crippen molar-refractivity contribution >= 4 is 29.2 Å². The molecule has 1 fully saturated rings. The van der Waals surface area contributed by atoms with Gasteiger partial charge in [0.15, 0.2) is 0 Å². The van der Waals surface area contributed by atoms with Gasteiger partial charge in [-0.25, -0.2) is 4.79 Å². The lowest BCUT2D eigenvalue weighted by Gasteiger charge is -2.36. The summed E-state index contributed by atoms with van der Waals surface area (Å²) in [5, 5.41) is 0.675. The highest BCUT2D eigenvalue weighted by Crippen LogP contribution is 2.18. The average Bonchev–Trinajstić information content (AvgIpc) is 2.70. The van der Waals surface area contributed by atoms with Crippen LogP contribution in [0.1, 0.15) is 22.8 Å². The molecule has 0 spiro atoms. The lowest BCUT2D eigenvalue weighted by Crippen LogP contribution is -2.49. The number of hydrogen-bond acceptors (Lipinski definition) is 4. The highest BCUT2D eigenvalue weighted by atomic mass is 35.5. The van der Waals surface area contributed by atoms with Gasteiger partial charge >= 0.3 is 5.97 Å². The summed E-state index contributed by atoms with van der Waals surface area (Å²) in [5.41, 5.74) is 2.58. The third-order valence-electron chi connectivity index (χ3n) is 4.64. The van der Waals surface area contributed by atoms with E-state index < -0.39 is 0 Å². The van der Waals surface area contributed by atoms with Crippen LogP contribution in [-0.2, 0) is 16.0 Å². The Morgan fingerprint density at radius 1 is 0.963 bits per heavy atom. The molecule has 0 unspecified atom stereocenters. The molecule has 1 amide bonds. The van der Waals surface area contributed by atoms with Crippen molar-refractivity contribution in [3.05, 3.63) is 64.7 Å². The number of halogens is 1. The highest BCUT2D eigenvalue weighted by molar-refractivity contribution is 6.30. The Balaban J connectivity index is 1.53. The van der Waals surface area contributed by atoms with Gasteiger partial charge < -0.3 is 14.5 Å². The van der Waals surface area contributed by atoms with Gasteiger partial charge in [0.2, 0.25) is 5.91 Å². The molecule has 2 aromatic carbocycles. The summed E-state index contributed by atoms with van der Waals surface area (Å²) in [6.07, 6.45) is 0.394. The number of nitrogens with zero attached hydrogens (tertiary/aromatic N) is 2. The van der Waals surface area contributed by atoms with Crippen molar-refractivity contribution in [1.29, 1.82) is 0 Å². The van der Waals surface area contributed by atoms with Crippen LogP contribution in [0, 0.1) is 0 Å². The van der Waals surface area contributed by atoms with Crippen LogP contribution in [0.15, 0.2) is 48.5 Å². The van der Waals surface area contributed by atoms with Crippen LogP contribution < -0.4 is 4.90 Å². The maximum absolute atomic E-state index is 12.5. The number of ether oxygens (including phenoxy) is 1. The molecule has 1 heterocycles. The van der Waals surface area contributed by atoms with E-state index in [1.165, 1.54) is 0 Å². The minimum absolute atomic E-state index is 0.134. The lowest BCUT2D eigenvalue weighted by molar-refractivity contribution is -0.130. The van der Waals surface area contributed by atoms with Crippen molar-refractivity contribution in [2.45, 2.75) is 13.3 Å². The van der Waals surface area contributed by atoms with Crippen molar-refractivity contribution in [2.75, 3.05) is 37.7 Å². The molecular formula is C21H23ClN2O3. The van der Waals surface area contributed by atoms with E-state index in [1.54, 1.807) is 19.1 Å². The molecule has 0 N–H and O–H groups in total. The van der Waals surface area contributed by atoms with Crippen molar-refractivity contribution in [2.24, 2.45) is 0 Å². The number of rotatable bonds is 5. The van der Waals surface area contributed by atoms with Crippen LogP contribution in [0.3, 0.4) is 0 Å². The SMILES string of the molecule is CCOC(=O)c1ccc(N2CCN(C(=O)Cc3ccc(Cl)cc3)CC2)cc1. The number of benzene rings is 2. The Bertz CT molecular complexity index is 782. The van der Waals surface area contributed by atoms with E-state index in [0.717, 1.165) is 24.3 Å². The Hall–Kier alpha value is -2.53. The first-order chi connectivity index (χ1) is 13.1. The third kappa shape index (κ3) is 5.01. The minimum atomic E-state index is -0.304. The number of carbonyl (C=O) groups excluding carboxylic acids is 2. The molecule has 142 valence electrons. The number of carbonyl (C=O) groups is 2. The summed E-state index contributed by atoms with van der Waals surface area (Å²) in [6, 6.07) is 14.8. The number of esters is 1. The molecule has 5 nitrogen and oxygen atoms in total. The van der Waals surface area contributed by atoms with Crippen molar-refractivity contribution in [3.8, 4) is 0 Å². The second-order valence-corrected chi connectivity index (χ2v) is 6.87. The Morgan fingerprint density at radius 3 is 2.19 bits per heavy atom. The van der Waals surface area contributed by atoms with E-state index in [2.05, 4.69) is 4.90 Å². The quantitative estimate of drug-likeness (QED) is 0.739. The van der Waals surface area contributed by atoms with Gasteiger partial charge in [-0.05, 0) is 48.9 Å². The van der Waals surface area contributed by atoms with Crippen LogP contribution in [0.2, 0.25) is 5.02 Å². The highest BCUT2D eigenvalue weighted by Gasteiger charge is 2.21. The molecule has 0 saturated carbocycles. The van der Waals surface area contributed by atoms with Crippen LogP contribution in [0.4, 0.5) is 5.69 Å². The molecule has 0 aromatic heterocycles. The van der Waals surface area contributed by atoms with Gasteiger partial charge in [-0.15, -0.1) is 0 Å². The van der Waals surface area contributed by atoms with Gasteiger partial charge in [0.1, 0.15) is 0 Å². The Morgan fingerprint density at radius 2 is 1.59 bits per heavy atom. The summed E-state index contributed by atoms with van der Waals surface area (Å²) >= 11 is 5.89. The van der Waals surface area contributed by atoms with Crippen LogP contribution in [0.25, 0.3) is 0 Å². The maximum Gasteiger partial charge on any atom is 0.338 e. The van der Waals surface area contributed by atoms with Crippen LogP contribution >= 0.6 is 11.6 Å². The van der Waals surface area contributed by atoms with E-state index in [1.807, 2.05) is 41.3 Å². The van der Waals surface area contributed by atoms with Crippen molar-refractivity contribution in [3.63, 3.8) is 0 Å². The van der Waals surface area contributed by atoms with Crippen molar-refractivity contribution in [1.82, 2.24) is 4.90 Å². The normalized spacial score (nSPS) is 14.1. The summed E-state index contributed by atoms with van der Waals surface area (Å²) in [5.74, 6) is -0.170. The smallest absolute Gasteiger partial charge is 0.338 e. The van der Waals surface area contributed by atoms with Gasteiger partial charge in [0.25, 0.3) is 0 Å². The molecule has 6 heteroatoms. The number of hydrogen-bond donors (Lipinski definition) is 0. The number of anilines is 1. The number of piperazine rings is 1. The van der Waals surface area contributed by atoms with E-state index in [-0.39, 0.29) is 11.9 Å². The molecule has 0 aliphatic carbocycles. The summed E-state index contributed by atoms with van der Waals surface area (Å²) in [6.45, 7) is 5.07. The summed E-state index contributed by atoms with van der Waals surface area (Å²) in [4.78, 5) is 28.4. The zero-order chi connectivity index (χ0) is 19.2.